The predicted molar refractivity (Wildman–Crippen MR) is 103 cm³/mol. The molecule has 1 aliphatic rings. The lowest BCUT2D eigenvalue weighted by molar-refractivity contribution is -0.144. The molecule has 29 heavy (non-hydrogen) atoms. The third kappa shape index (κ3) is 4.02. The van der Waals surface area contributed by atoms with E-state index in [9.17, 15) is 13.2 Å². The molecule has 1 atom stereocenters. The molecule has 0 saturated carbocycles. The van der Waals surface area contributed by atoms with E-state index >= 15 is 0 Å². The number of alkyl halides is 3. The summed E-state index contributed by atoms with van der Waals surface area (Å²) in [4.78, 5) is 20.1. The SMILES string of the molecule is Cc1nc(C)c(-c2ccnc(N3CCC(Nc4nc(C(F)(F)F)nn4C)C3)n2)s1. The van der Waals surface area contributed by atoms with E-state index < -0.39 is 12.0 Å². The number of aryl methyl sites for hydroxylation is 3. The van der Waals surface area contributed by atoms with Crippen molar-refractivity contribution in [3.63, 3.8) is 0 Å². The van der Waals surface area contributed by atoms with Gasteiger partial charge in [0.05, 0.1) is 21.3 Å². The summed E-state index contributed by atoms with van der Waals surface area (Å²) in [6, 6.07) is 1.77. The van der Waals surface area contributed by atoms with Gasteiger partial charge in [-0.3, -0.25) is 0 Å². The van der Waals surface area contributed by atoms with E-state index in [2.05, 4.69) is 30.4 Å². The van der Waals surface area contributed by atoms with Crippen LogP contribution in [0.5, 0.6) is 0 Å². The van der Waals surface area contributed by atoms with E-state index in [4.69, 9.17) is 0 Å². The molecular formula is C17H19F3N8S. The van der Waals surface area contributed by atoms with Gasteiger partial charge in [0.25, 0.3) is 5.82 Å². The van der Waals surface area contributed by atoms with Crippen molar-refractivity contribution in [1.82, 2.24) is 29.7 Å². The van der Waals surface area contributed by atoms with Gasteiger partial charge in [-0.05, 0) is 26.3 Å². The first-order valence-electron chi connectivity index (χ1n) is 8.98. The van der Waals surface area contributed by atoms with Crippen molar-refractivity contribution in [2.45, 2.75) is 32.5 Å². The van der Waals surface area contributed by atoms with Crippen molar-refractivity contribution in [2.75, 3.05) is 23.3 Å². The smallest absolute Gasteiger partial charge is 0.350 e. The summed E-state index contributed by atoms with van der Waals surface area (Å²) in [6.45, 7) is 5.15. The molecule has 0 radical (unpaired) electrons. The first-order valence-corrected chi connectivity index (χ1v) is 9.79. The average Bonchev–Trinajstić information content (AvgIpc) is 3.35. The Balaban J connectivity index is 1.47. The highest BCUT2D eigenvalue weighted by atomic mass is 32.1. The van der Waals surface area contributed by atoms with E-state index in [1.165, 1.54) is 7.05 Å². The summed E-state index contributed by atoms with van der Waals surface area (Å²) in [5.74, 6) is -0.468. The van der Waals surface area contributed by atoms with Crippen LogP contribution in [0.1, 0.15) is 22.9 Å². The van der Waals surface area contributed by atoms with Crippen LogP contribution in [0, 0.1) is 13.8 Å². The molecular weight excluding hydrogens is 405 g/mol. The molecule has 12 heteroatoms. The molecule has 1 N–H and O–H groups in total. The van der Waals surface area contributed by atoms with Gasteiger partial charge in [0.15, 0.2) is 0 Å². The van der Waals surface area contributed by atoms with Crippen LogP contribution >= 0.6 is 11.3 Å². The summed E-state index contributed by atoms with van der Waals surface area (Å²) < 4.78 is 39.5. The number of nitrogens with zero attached hydrogens (tertiary/aromatic N) is 7. The fraction of sp³-hybridized carbons (Fsp3) is 0.471. The van der Waals surface area contributed by atoms with Gasteiger partial charge in [0.2, 0.25) is 11.9 Å². The summed E-state index contributed by atoms with van der Waals surface area (Å²) >= 11 is 1.58. The normalized spacial score (nSPS) is 17.2. The van der Waals surface area contributed by atoms with Gasteiger partial charge >= 0.3 is 6.18 Å². The first-order chi connectivity index (χ1) is 13.7. The molecule has 4 heterocycles. The van der Waals surface area contributed by atoms with E-state index in [1.807, 2.05) is 24.8 Å². The highest BCUT2D eigenvalue weighted by molar-refractivity contribution is 7.15. The second kappa shape index (κ2) is 7.25. The van der Waals surface area contributed by atoms with Gasteiger partial charge < -0.3 is 10.2 Å². The van der Waals surface area contributed by atoms with Crippen molar-refractivity contribution in [3.05, 3.63) is 28.8 Å². The minimum Gasteiger partial charge on any atom is -0.350 e. The number of hydrogen-bond acceptors (Lipinski definition) is 8. The molecule has 0 bridgehead atoms. The van der Waals surface area contributed by atoms with Crippen molar-refractivity contribution in [3.8, 4) is 10.6 Å². The number of halogens is 3. The topological polar surface area (TPSA) is 84.7 Å². The highest BCUT2D eigenvalue weighted by Gasteiger charge is 2.37. The predicted octanol–water partition coefficient (Wildman–Crippen LogP) is 3.06. The second-order valence-corrected chi connectivity index (χ2v) is 8.05. The number of thiazole rings is 1. The number of nitrogens with one attached hydrogen (secondary N) is 1. The van der Waals surface area contributed by atoms with Crippen molar-refractivity contribution in [1.29, 1.82) is 0 Å². The minimum absolute atomic E-state index is 0.0846. The number of anilines is 2. The van der Waals surface area contributed by atoms with Crippen LogP contribution in [-0.4, -0.2) is 48.8 Å². The largest absolute Gasteiger partial charge is 0.453 e. The summed E-state index contributed by atoms with van der Waals surface area (Å²) in [5, 5.41) is 7.45. The summed E-state index contributed by atoms with van der Waals surface area (Å²) in [5.41, 5.74) is 1.75. The quantitative estimate of drug-likeness (QED) is 0.689. The van der Waals surface area contributed by atoms with Gasteiger partial charge in [0.1, 0.15) is 0 Å². The van der Waals surface area contributed by atoms with Crippen LogP contribution in [0.3, 0.4) is 0 Å². The highest BCUT2D eigenvalue weighted by Crippen LogP contribution is 2.30. The van der Waals surface area contributed by atoms with Crippen LogP contribution in [0.4, 0.5) is 25.1 Å². The lowest BCUT2D eigenvalue weighted by Crippen LogP contribution is -2.28. The van der Waals surface area contributed by atoms with Gasteiger partial charge in [0, 0.05) is 32.4 Å². The molecule has 1 saturated heterocycles. The molecule has 0 spiro atoms. The minimum atomic E-state index is -4.57. The molecule has 3 aromatic rings. The second-order valence-electron chi connectivity index (χ2n) is 6.85. The maximum absolute atomic E-state index is 12.8. The monoisotopic (exact) mass is 424 g/mol. The Hall–Kier alpha value is -2.76. The van der Waals surface area contributed by atoms with Gasteiger partial charge in [-0.2, -0.15) is 18.2 Å². The van der Waals surface area contributed by atoms with Crippen LogP contribution in [-0.2, 0) is 13.2 Å². The molecule has 8 nitrogen and oxygen atoms in total. The molecule has 154 valence electrons. The lowest BCUT2D eigenvalue weighted by Gasteiger charge is -2.17. The zero-order chi connectivity index (χ0) is 20.8. The Morgan fingerprint density at radius 1 is 1.21 bits per heavy atom. The molecule has 0 aliphatic carbocycles. The van der Waals surface area contributed by atoms with Gasteiger partial charge in [-0.1, -0.05) is 0 Å². The zero-order valence-electron chi connectivity index (χ0n) is 16.0. The maximum Gasteiger partial charge on any atom is 0.453 e. The molecule has 1 fully saturated rings. The number of aromatic nitrogens is 6. The van der Waals surface area contributed by atoms with E-state index in [1.54, 1.807) is 17.5 Å². The van der Waals surface area contributed by atoms with Crippen LogP contribution in [0.2, 0.25) is 0 Å². The summed E-state index contributed by atoms with van der Waals surface area (Å²) in [6.07, 6.45) is -2.13. The Labute approximate surface area is 168 Å². The van der Waals surface area contributed by atoms with Crippen LogP contribution in [0.25, 0.3) is 10.6 Å². The summed E-state index contributed by atoms with van der Waals surface area (Å²) in [7, 11) is 1.43. The number of hydrogen-bond donors (Lipinski definition) is 1. The standard InChI is InChI=1S/C17H19F3N8S/c1-9-13(29-10(2)22-9)12-4-6-21-15(24-12)28-7-5-11(8-28)23-16-25-14(17(18,19)20)26-27(16)3/h4,6,11H,5,7-8H2,1-3H3,(H,23,25,26). The molecule has 3 aromatic heterocycles. The van der Waals surface area contributed by atoms with E-state index in [0.29, 0.717) is 19.0 Å². The molecule has 0 amide bonds. The average molecular weight is 424 g/mol. The van der Waals surface area contributed by atoms with Crippen LogP contribution < -0.4 is 10.2 Å². The van der Waals surface area contributed by atoms with Gasteiger partial charge in [-0.15, -0.1) is 16.4 Å². The van der Waals surface area contributed by atoms with Crippen molar-refractivity contribution >= 4 is 23.2 Å². The maximum atomic E-state index is 12.8. The third-order valence-corrected chi connectivity index (χ3v) is 5.70. The van der Waals surface area contributed by atoms with Crippen molar-refractivity contribution in [2.24, 2.45) is 7.05 Å². The first kappa shape index (κ1) is 19.6. The fourth-order valence-electron chi connectivity index (χ4n) is 3.27. The Kier molecular flexibility index (Phi) is 4.89. The lowest BCUT2D eigenvalue weighted by atomic mass is 10.3. The van der Waals surface area contributed by atoms with E-state index in [-0.39, 0.29) is 12.0 Å². The fourth-order valence-corrected chi connectivity index (χ4v) is 4.16. The molecule has 1 unspecified atom stereocenters. The Bertz CT molecular complexity index is 1030. The Morgan fingerprint density at radius 2 is 2.00 bits per heavy atom. The molecule has 4 rings (SSSR count). The third-order valence-electron chi connectivity index (χ3n) is 4.60. The zero-order valence-corrected chi connectivity index (χ0v) is 16.8. The van der Waals surface area contributed by atoms with E-state index in [0.717, 1.165) is 32.4 Å². The number of rotatable bonds is 4. The molecule has 0 aromatic carbocycles. The van der Waals surface area contributed by atoms with Crippen LogP contribution in [0.15, 0.2) is 12.3 Å². The van der Waals surface area contributed by atoms with Gasteiger partial charge in [-0.25, -0.2) is 19.6 Å². The molecule has 1 aliphatic heterocycles. The Morgan fingerprint density at radius 3 is 2.66 bits per heavy atom. The van der Waals surface area contributed by atoms with Crippen molar-refractivity contribution < 1.29 is 13.2 Å².